The predicted octanol–water partition coefficient (Wildman–Crippen LogP) is 9.16. The number of anilines is 6. The monoisotopic (exact) mass is 604 g/mol. The highest BCUT2D eigenvalue weighted by atomic mass is 32.2. The fraction of sp³-hybridized carbons (Fsp3) is 0. The van der Waals surface area contributed by atoms with Crippen LogP contribution in [-0.2, 0) is 10.2 Å². The maximum absolute atomic E-state index is 12.7. The fourth-order valence-electron chi connectivity index (χ4n) is 5.46. The SMILES string of the molecule is O=S1(=O)N=C(c2ccc(N(c3ccccc3)c3ccccc3)cc2)C(c2ccc(N(c3ccccc3)c3ccccc3)cc2)=N1. The first-order valence-corrected chi connectivity index (χ1v) is 15.9. The van der Waals surface area contributed by atoms with E-state index in [9.17, 15) is 8.42 Å². The lowest BCUT2D eigenvalue weighted by molar-refractivity contribution is 0.601. The summed E-state index contributed by atoms with van der Waals surface area (Å²) >= 11 is 0. The van der Waals surface area contributed by atoms with E-state index in [1.807, 2.05) is 121 Å². The minimum Gasteiger partial charge on any atom is -0.311 e. The Morgan fingerprint density at radius 1 is 0.333 bits per heavy atom. The zero-order valence-electron chi connectivity index (χ0n) is 24.2. The van der Waals surface area contributed by atoms with Gasteiger partial charge in [0.25, 0.3) is 0 Å². The van der Waals surface area contributed by atoms with Crippen LogP contribution in [-0.4, -0.2) is 19.8 Å². The molecule has 0 atom stereocenters. The average Bonchev–Trinajstić information content (AvgIpc) is 3.43. The van der Waals surface area contributed by atoms with Gasteiger partial charge in [-0.3, -0.25) is 0 Å². The molecule has 0 amide bonds. The molecule has 0 aliphatic carbocycles. The first-order valence-electron chi connectivity index (χ1n) is 14.5. The summed E-state index contributed by atoms with van der Waals surface area (Å²) < 4.78 is 33.5. The quantitative estimate of drug-likeness (QED) is 0.174. The molecule has 1 aliphatic rings. The number of benzene rings is 6. The van der Waals surface area contributed by atoms with Gasteiger partial charge in [-0.25, -0.2) is 0 Å². The van der Waals surface area contributed by atoms with Crippen molar-refractivity contribution < 1.29 is 8.42 Å². The van der Waals surface area contributed by atoms with Crippen molar-refractivity contribution in [1.29, 1.82) is 0 Å². The molecule has 1 heterocycles. The summed E-state index contributed by atoms with van der Waals surface area (Å²) in [5.74, 6) is 0. The van der Waals surface area contributed by atoms with E-state index in [-0.39, 0.29) is 0 Å². The van der Waals surface area contributed by atoms with E-state index < -0.39 is 10.2 Å². The Morgan fingerprint density at radius 2 is 0.578 bits per heavy atom. The van der Waals surface area contributed by atoms with Gasteiger partial charge in [-0.2, -0.15) is 8.42 Å². The van der Waals surface area contributed by atoms with Crippen LogP contribution in [0.3, 0.4) is 0 Å². The molecule has 6 aromatic carbocycles. The lowest BCUT2D eigenvalue weighted by Gasteiger charge is -2.25. The van der Waals surface area contributed by atoms with Gasteiger partial charge >= 0.3 is 10.2 Å². The predicted molar refractivity (Wildman–Crippen MR) is 184 cm³/mol. The Kier molecular flexibility index (Phi) is 7.51. The summed E-state index contributed by atoms with van der Waals surface area (Å²) in [5, 5.41) is 0. The number of nitrogens with zero attached hydrogens (tertiary/aromatic N) is 4. The topological polar surface area (TPSA) is 65.3 Å². The van der Waals surface area contributed by atoms with E-state index in [4.69, 9.17) is 0 Å². The standard InChI is InChI=1S/C38H28N4O2S/c43-45(44)39-37(29-21-25-35(26-22-29)41(31-13-5-1-6-14-31)32-15-7-2-8-16-32)38(40-45)30-23-27-36(28-24-30)42(33-17-9-3-10-18-33)34-19-11-4-12-20-34/h1-28H. The number of hydrogen-bond acceptors (Lipinski definition) is 4. The van der Waals surface area contributed by atoms with E-state index in [0.29, 0.717) is 22.6 Å². The van der Waals surface area contributed by atoms with E-state index >= 15 is 0 Å². The van der Waals surface area contributed by atoms with E-state index in [0.717, 1.165) is 34.1 Å². The molecule has 218 valence electrons. The molecule has 0 unspecified atom stereocenters. The molecule has 6 aromatic rings. The first-order chi connectivity index (χ1) is 22.1. The van der Waals surface area contributed by atoms with Crippen molar-refractivity contribution in [3.05, 3.63) is 181 Å². The van der Waals surface area contributed by atoms with E-state index in [1.54, 1.807) is 0 Å². The lowest BCUT2D eigenvalue weighted by Crippen LogP contribution is -2.15. The second-order valence-corrected chi connectivity index (χ2v) is 11.7. The van der Waals surface area contributed by atoms with Crippen molar-refractivity contribution in [2.75, 3.05) is 9.80 Å². The van der Waals surface area contributed by atoms with Crippen LogP contribution in [0.25, 0.3) is 0 Å². The molecule has 0 saturated carbocycles. The van der Waals surface area contributed by atoms with Crippen LogP contribution in [0, 0.1) is 0 Å². The largest absolute Gasteiger partial charge is 0.364 e. The molecule has 0 aromatic heterocycles. The van der Waals surface area contributed by atoms with Gasteiger partial charge in [0.2, 0.25) is 0 Å². The second kappa shape index (κ2) is 12.1. The summed E-state index contributed by atoms with van der Waals surface area (Å²) in [4.78, 5) is 4.30. The van der Waals surface area contributed by atoms with Gasteiger partial charge in [0, 0.05) is 45.3 Å². The molecule has 7 rings (SSSR count). The van der Waals surface area contributed by atoms with E-state index in [2.05, 4.69) is 67.1 Å². The Bertz CT molecular complexity index is 1860. The second-order valence-electron chi connectivity index (χ2n) is 10.4. The zero-order chi connectivity index (χ0) is 30.6. The number of rotatable bonds is 8. The normalized spacial score (nSPS) is 13.5. The van der Waals surface area contributed by atoms with Crippen LogP contribution in [0.1, 0.15) is 11.1 Å². The lowest BCUT2D eigenvalue weighted by atomic mass is 9.99. The summed E-state index contributed by atoms with van der Waals surface area (Å²) in [6, 6.07) is 55.9. The van der Waals surface area contributed by atoms with Crippen LogP contribution < -0.4 is 9.80 Å². The first kappa shape index (κ1) is 28.0. The van der Waals surface area contributed by atoms with Crippen molar-refractivity contribution in [3.63, 3.8) is 0 Å². The third kappa shape index (κ3) is 5.89. The smallest absolute Gasteiger partial charge is 0.311 e. The highest BCUT2D eigenvalue weighted by molar-refractivity contribution is 7.89. The Hall–Kier alpha value is -5.79. The highest BCUT2D eigenvalue weighted by Gasteiger charge is 2.27. The third-order valence-electron chi connectivity index (χ3n) is 7.49. The molecular formula is C38H28N4O2S. The van der Waals surface area contributed by atoms with Crippen LogP contribution in [0.15, 0.2) is 179 Å². The minimum atomic E-state index is -4.01. The maximum Gasteiger partial charge on any atom is 0.364 e. The molecule has 1 aliphatic heterocycles. The van der Waals surface area contributed by atoms with Crippen LogP contribution in [0.4, 0.5) is 34.1 Å². The molecule has 0 fully saturated rings. The van der Waals surface area contributed by atoms with Crippen molar-refractivity contribution >= 4 is 55.8 Å². The molecule has 45 heavy (non-hydrogen) atoms. The molecular weight excluding hydrogens is 577 g/mol. The third-order valence-corrected chi connectivity index (χ3v) is 8.32. The van der Waals surface area contributed by atoms with Gasteiger partial charge in [0.1, 0.15) is 11.4 Å². The van der Waals surface area contributed by atoms with Gasteiger partial charge in [0.15, 0.2) is 0 Å². The molecule has 0 N–H and O–H groups in total. The van der Waals surface area contributed by atoms with E-state index in [1.165, 1.54) is 0 Å². The zero-order valence-corrected chi connectivity index (χ0v) is 25.0. The van der Waals surface area contributed by atoms with Gasteiger partial charge < -0.3 is 9.80 Å². The highest BCUT2D eigenvalue weighted by Crippen LogP contribution is 2.36. The summed E-state index contributed by atoms with van der Waals surface area (Å²) in [7, 11) is -4.01. The molecule has 0 bridgehead atoms. The van der Waals surface area contributed by atoms with Gasteiger partial charge in [0.05, 0.1) is 0 Å². The van der Waals surface area contributed by atoms with Crippen molar-refractivity contribution in [2.24, 2.45) is 8.80 Å². The van der Waals surface area contributed by atoms with Gasteiger partial charge in [-0.15, -0.1) is 8.80 Å². The van der Waals surface area contributed by atoms with Crippen molar-refractivity contribution in [1.82, 2.24) is 0 Å². The Balaban J connectivity index is 1.22. The number of hydrogen-bond donors (Lipinski definition) is 0. The van der Waals surface area contributed by atoms with Crippen molar-refractivity contribution in [2.45, 2.75) is 0 Å². The summed E-state index contributed by atoms with van der Waals surface area (Å²) in [6.07, 6.45) is 0. The fourth-order valence-corrected chi connectivity index (χ4v) is 6.34. The molecule has 6 nitrogen and oxygen atoms in total. The van der Waals surface area contributed by atoms with Crippen molar-refractivity contribution in [3.8, 4) is 0 Å². The molecule has 7 heteroatoms. The maximum atomic E-state index is 12.7. The average molecular weight is 605 g/mol. The Morgan fingerprint density at radius 3 is 0.844 bits per heavy atom. The summed E-state index contributed by atoms with van der Waals surface area (Å²) in [6.45, 7) is 0. The minimum absolute atomic E-state index is 0.322. The van der Waals surface area contributed by atoms with Gasteiger partial charge in [-0.1, -0.05) is 97.1 Å². The van der Waals surface area contributed by atoms with Gasteiger partial charge in [-0.05, 0) is 72.8 Å². The molecule has 0 spiro atoms. The van der Waals surface area contributed by atoms with Crippen LogP contribution >= 0.6 is 0 Å². The van der Waals surface area contributed by atoms with Crippen LogP contribution in [0.2, 0.25) is 0 Å². The number of para-hydroxylation sites is 4. The summed E-state index contributed by atoms with van der Waals surface area (Å²) in [5.41, 5.74) is 7.90. The molecule has 0 radical (unpaired) electrons. The Labute approximate surface area is 263 Å². The molecule has 0 saturated heterocycles. The van der Waals surface area contributed by atoms with Crippen LogP contribution in [0.5, 0.6) is 0 Å².